The molecule has 100 valence electrons. The molecule has 0 bridgehead atoms. The molecule has 2 amide bonds. The quantitative estimate of drug-likeness (QED) is 0.708. The fraction of sp³-hybridized carbons (Fsp3) is 0.600. The van der Waals surface area contributed by atoms with Crippen molar-refractivity contribution >= 4 is 11.8 Å². The molecule has 1 heterocycles. The van der Waals surface area contributed by atoms with Gasteiger partial charge in [0.25, 0.3) is 11.7 Å². The minimum Gasteiger partial charge on any atom is -0.369 e. The summed E-state index contributed by atoms with van der Waals surface area (Å²) in [5, 5.41) is 8.39. The van der Waals surface area contributed by atoms with Crippen LogP contribution in [0.4, 0.5) is 0 Å². The Kier molecular flexibility index (Phi) is 5.25. The van der Waals surface area contributed by atoms with Crippen LogP contribution in [0.15, 0.2) is 4.52 Å². The predicted octanol–water partition coefficient (Wildman–Crippen LogP) is -0.530. The van der Waals surface area contributed by atoms with Gasteiger partial charge in [-0.3, -0.25) is 9.59 Å². The van der Waals surface area contributed by atoms with E-state index in [1.54, 1.807) is 13.8 Å². The largest absolute Gasteiger partial charge is 0.369 e. The second-order valence-corrected chi connectivity index (χ2v) is 3.41. The maximum absolute atomic E-state index is 11.5. The second-order valence-electron chi connectivity index (χ2n) is 3.41. The minimum absolute atomic E-state index is 0.0558. The van der Waals surface area contributed by atoms with E-state index in [1.165, 1.54) is 7.05 Å². The van der Waals surface area contributed by atoms with Gasteiger partial charge in [-0.05, 0) is 13.8 Å². The molecule has 1 rings (SSSR count). The van der Waals surface area contributed by atoms with Crippen molar-refractivity contribution in [3.8, 4) is 0 Å². The molecule has 0 spiro atoms. The summed E-state index contributed by atoms with van der Waals surface area (Å²) in [5.74, 6) is -0.638. The van der Waals surface area contributed by atoms with Crippen LogP contribution >= 0.6 is 0 Å². The summed E-state index contributed by atoms with van der Waals surface area (Å²) in [6.07, 6.45) is -0.545. The lowest BCUT2D eigenvalue weighted by molar-refractivity contribution is -0.131. The maximum atomic E-state index is 11.5. The zero-order valence-electron chi connectivity index (χ0n) is 10.5. The average molecular weight is 256 g/mol. The molecule has 0 saturated carbocycles. The highest BCUT2D eigenvalue weighted by molar-refractivity contribution is 5.89. The molecular weight excluding hydrogens is 240 g/mol. The first-order valence-corrected chi connectivity index (χ1v) is 5.52. The van der Waals surface area contributed by atoms with Crippen LogP contribution in [0.2, 0.25) is 0 Å². The van der Waals surface area contributed by atoms with E-state index in [1.807, 2.05) is 0 Å². The molecular formula is C10H16N4O4. The van der Waals surface area contributed by atoms with E-state index in [2.05, 4.69) is 20.8 Å². The van der Waals surface area contributed by atoms with Crippen molar-refractivity contribution in [1.29, 1.82) is 0 Å². The summed E-state index contributed by atoms with van der Waals surface area (Å²) in [6.45, 7) is 3.95. The number of carbonyl (C=O) groups is 2. The number of aromatic nitrogens is 2. The molecule has 18 heavy (non-hydrogen) atoms. The van der Waals surface area contributed by atoms with Crippen molar-refractivity contribution in [1.82, 2.24) is 20.8 Å². The van der Waals surface area contributed by atoms with E-state index >= 15 is 0 Å². The highest BCUT2D eigenvalue weighted by Gasteiger charge is 2.16. The Morgan fingerprint density at radius 2 is 2.22 bits per heavy atom. The number of hydrogen-bond acceptors (Lipinski definition) is 6. The fourth-order valence-corrected chi connectivity index (χ4v) is 1.16. The number of amides is 2. The first kappa shape index (κ1) is 14.1. The number of nitrogens with zero attached hydrogens (tertiary/aromatic N) is 2. The number of hydrogen-bond donors (Lipinski definition) is 2. The summed E-state index contributed by atoms with van der Waals surface area (Å²) < 4.78 is 9.91. The van der Waals surface area contributed by atoms with Crippen molar-refractivity contribution in [2.45, 2.75) is 26.5 Å². The van der Waals surface area contributed by atoms with Crippen molar-refractivity contribution in [3.63, 3.8) is 0 Å². The number of rotatable bonds is 6. The molecule has 0 fully saturated rings. The van der Waals surface area contributed by atoms with Gasteiger partial charge in [0.1, 0.15) is 6.10 Å². The minimum atomic E-state index is -0.545. The Morgan fingerprint density at radius 1 is 1.50 bits per heavy atom. The summed E-state index contributed by atoms with van der Waals surface area (Å²) in [6, 6.07) is 0. The third-order valence-electron chi connectivity index (χ3n) is 2.10. The summed E-state index contributed by atoms with van der Waals surface area (Å²) in [5.41, 5.74) is 0. The lowest BCUT2D eigenvalue weighted by atomic mass is 10.4. The predicted molar refractivity (Wildman–Crippen MR) is 60.6 cm³/mol. The number of nitrogens with one attached hydrogen (secondary N) is 2. The monoisotopic (exact) mass is 256 g/mol. The highest BCUT2D eigenvalue weighted by Crippen LogP contribution is 1.98. The molecule has 0 radical (unpaired) electrons. The molecule has 0 aliphatic rings. The first-order valence-electron chi connectivity index (χ1n) is 5.52. The van der Waals surface area contributed by atoms with E-state index in [4.69, 9.17) is 9.26 Å². The average Bonchev–Trinajstić information content (AvgIpc) is 2.84. The molecule has 8 heteroatoms. The lowest BCUT2D eigenvalue weighted by Gasteiger charge is -2.10. The van der Waals surface area contributed by atoms with Gasteiger partial charge in [0, 0.05) is 13.7 Å². The van der Waals surface area contributed by atoms with Gasteiger partial charge in [-0.15, -0.1) is 0 Å². The summed E-state index contributed by atoms with van der Waals surface area (Å²) in [7, 11) is 1.46. The topological polar surface area (TPSA) is 106 Å². The Hall–Kier alpha value is -1.96. The van der Waals surface area contributed by atoms with Gasteiger partial charge in [0.15, 0.2) is 0 Å². The molecule has 0 aliphatic heterocycles. The molecule has 1 aromatic rings. The van der Waals surface area contributed by atoms with Gasteiger partial charge in [0.2, 0.25) is 11.8 Å². The van der Waals surface area contributed by atoms with Crippen LogP contribution in [0.1, 0.15) is 30.4 Å². The second kappa shape index (κ2) is 6.70. The molecule has 1 aromatic heterocycles. The van der Waals surface area contributed by atoms with Gasteiger partial charge < -0.3 is 19.9 Å². The molecule has 0 aliphatic carbocycles. The van der Waals surface area contributed by atoms with E-state index < -0.39 is 12.0 Å². The van der Waals surface area contributed by atoms with Crippen LogP contribution in [0, 0.1) is 0 Å². The Labute approximate surface area is 104 Å². The van der Waals surface area contributed by atoms with Gasteiger partial charge >= 0.3 is 0 Å². The standard InChI is InChI=1S/C10H16N4O4/c1-4-17-6(2)9(15)12-5-7-13-8(14-18-7)10(16)11-3/h6H,4-5H2,1-3H3,(H,11,16)(H,12,15)/t6-/m0/s1. The van der Waals surface area contributed by atoms with Crippen LogP contribution in [-0.4, -0.2) is 41.7 Å². The maximum Gasteiger partial charge on any atom is 0.292 e. The van der Waals surface area contributed by atoms with Crippen molar-refractivity contribution < 1.29 is 18.8 Å². The molecule has 1 atom stereocenters. The molecule has 8 nitrogen and oxygen atoms in total. The number of carbonyl (C=O) groups excluding carboxylic acids is 2. The van der Waals surface area contributed by atoms with Gasteiger partial charge in [-0.1, -0.05) is 5.16 Å². The SMILES string of the molecule is CCO[C@@H](C)C(=O)NCc1nc(C(=O)NC)no1. The van der Waals surface area contributed by atoms with Gasteiger partial charge in [-0.25, -0.2) is 0 Å². The van der Waals surface area contributed by atoms with Crippen LogP contribution < -0.4 is 10.6 Å². The zero-order chi connectivity index (χ0) is 13.5. The fourth-order valence-electron chi connectivity index (χ4n) is 1.16. The van der Waals surface area contributed by atoms with Crippen molar-refractivity contribution in [2.24, 2.45) is 0 Å². The van der Waals surface area contributed by atoms with Crippen molar-refractivity contribution in [3.05, 3.63) is 11.7 Å². The zero-order valence-corrected chi connectivity index (χ0v) is 10.5. The molecule has 2 N–H and O–H groups in total. The van der Waals surface area contributed by atoms with Crippen LogP contribution in [-0.2, 0) is 16.1 Å². The van der Waals surface area contributed by atoms with Crippen LogP contribution in [0.25, 0.3) is 0 Å². The van der Waals surface area contributed by atoms with E-state index in [0.29, 0.717) is 6.61 Å². The van der Waals surface area contributed by atoms with E-state index in [0.717, 1.165) is 0 Å². The van der Waals surface area contributed by atoms with E-state index in [9.17, 15) is 9.59 Å². The van der Waals surface area contributed by atoms with Crippen LogP contribution in [0.3, 0.4) is 0 Å². The Morgan fingerprint density at radius 3 is 2.83 bits per heavy atom. The lowest BCUT2D eigenvalue weighted by Crippen LogP contribution is -2.34. The summed E-state index contributed by atoms with van der Waals surface area (Å²) >= 11 is 0. The highest BCUT2D eigenvalue weighted by atomic mass is 16.5. The number of ether oxygens (including phenoxy) is 1. The van der Waals surface area contributed by atoms with E-state index in [-0.39, 0.29) is 24.2 Å². The first-order chi connectivity index (χ1) is 8.58. The molecule has 0 aromatic carbocycles. The third kappa shape index (κ3) is 3.81. The third-order valence-corrected chi connectivity index (χ3v) is 2.10. The molecule has 0 saturated heterocycles. The molecule has 0 unspecified atom stereocenters. The Balaban J connectivity index is 2.46. The summed E-state index contributed by atoms with van der Waals surface area (Å²) in [4.78, 5) is 26.5. The van der Waals surface area contributed by atoms with Gasteiger partial charge in [0.05, 0.1) is 6.54 Å². The Bertz CT molecular complexity index is 418. The normalized spacial score (nSPS) is 11.9. The van der Waals surface area contributed by atoms with Gasteiger partial charge in [-0.2, -0.15) is 4.98 Å². The van der Waals surface area contributed by atoms with Crippen molar-refractivity contribution in [2.75, 3.05) is 13.7 Å². The van der Waals surface area contributed by atoms with Crippen LogP contribution in [0.5, 0.6) is 0 Å². The smallest absolute Gasteiger partial charge is 0.292 e.